The Morgan fingerprint density at radius 1 is 1.24 bits per heavy atom. The van der Waals surface area contributed by atoms with Crippen molar-refractivity contribution in [3.05, 3.63) is 52.9 Å². The van der Waals surface area contributed by atoms with Gasteiger partial charge in [0, 0.05) is 6.07 Å². The fourth-order valence-corrected chi connectivity index (χ4v) is 4.01. The van der Waals surface area contributed by atoms with E-state index < -0.39 is 0 Å². The summed E-state index contributed by atoms with van der Waals surface area (Å²) in [5, 5.41) is 18.9. The lowest BCUT2D eigenvalue weighted by Gasteiger charge is -2.05. The van der Waals surface area contributed by atoms with Crippen molar-refractivity contribution in [2.45, 2.75) is 6.54 Å². The summed E-state index contributed by atoms with van der Waals surface area (Å²) in [6.07, 6.45) is 0. The number of fused-ring (bicyclic) bond motifs is 1. The van der Waals surface area contributed by atoms with Crippen molar-refractivity contribution in [1.29, 1.82) is 0 Å². The average Bonchev–Trinajstić information content (AvgIpc) is 3.34. The largest absolute Gasteiger partial charge is 0.394 e. The van der Waals surface area contributed by atoms with E-state index in [2.05, 4.69) is 15.4 Å². The Balaban J connectivity index is 1.63. The molecule has 8 heteroatoms. The molecule has 6 nitrogen and oxygen atoms in total. The Labute approximate surface area is 151 Å². The van der Waals surface area contributed by atoms with Crippen LogP contribution in [0.1, 0.15) is 9.80 Å². The molecule has 4 aromatic rings. The van der Waals surface area contributed by atoms with Gasteiger partial charge in [-0.15, -0.1) is 22.7 Å². The molecule has 1 amide bonds. The van der Waals surface area contributed by atoms with E-state index in [0.717, 1.165) is 20.8 Å². The first-order valence-electron chi connectivity index (χ1n) is 7.64. The highest BCUT2D eigenvalue weighted by atomic mass is 32.1. The minimum atomic E-state index is -0.280. The van der Waals surface area contributed by atoms with Crippen LogP contribution in [0.4, 0.5) is 5.82 Å². The number of para-hydroxylation sites is 1. The van der Waals surface area contributed by atoms with Crippen molar-refractivity contribution >= 4 is 44.6 Å². The maximum atomic E-state index is 12.6. The fraction of sp³-hybridized carbons (Fsp3) is 0.118. The second kappa shape index (κ2) is 6.75. The van der Waals surface area contributed by atoms with Crippen molar-refractivity contribution in [3.8, 4) is 10.6 Å². The average molecular weight is 370 g/mol. The number of aliphatic hydroxyl groups is 1. The number of benzene rings is 1. The zero-order chi connectivity index (χ0) is 17.2. The molecule has 3 heterocycles. The summed E-state index contributed by atoms with van der Waals surface area (Å²) < 4.78 is 2.57. The molecule has 0 spiro atoms. The number of rotatable bonds is 5. The summed E-state index contributed by atoms with van der Waals surface area (Å²) in [6.45, 7) is 0.246. The van der Waals surface area contributed by atoms with E-state index in [1.807, 2.05) is 47.8 Å². The smallest absolute Gasteiger partial charge is 0.285 e. The third kappa shape index (κ3) is 3.19. The van der Waals surface area contributed by atoms with Crippen LogP contribution in [0.25, 0.3) is 20.8 Å². The Bertz CT molecular complexity index is 988. The highest BCUT2D eigenvalue weighted by molar-refractivity contribution is 7.20. The quantitative estimate of drug-likeness (QED) is 0.564. The number of hydrogen-bond donors (Lipinski definition) is 2. The van der Waals surface area contributed by atoms with Gasteiger partial charge in [0.15, 0.2) is 5.01 Å². The molecule has 1 aromatic carbocycles. The summed E-state index contributed by atoms with van der Waals surface area (Å²) in [5.74, 6) is 0.264. The maximum absolute atomic E-state index is 12.6. The molecule has 0 fully saturated rings. The summed E-state index contributed by atoms with van der Waals surface area (Å²) in [7, 11) is 0. The highest BCUT2D eigenvalue weighted by Crippen LogP contribution is 2.27. The van der Waals surface area contributed by atoms with Crippen LogP contribution in [-0.4, -0.2) is 32.4 Å². The number of anilines is 1. The molecule has 3 aromatic heterocycles. The van der Waals surface area contributed by atoms with E-state index >= 15 is 0 Å². The summed E-state index contributed by atoms with van der Waals surface area (Å²) in [5.41, 5.74) is 1.57. The summed E-state index contributed by atoms with van der Waals surface area (Å²) in [6, 6.07) is 13.4. The van der Waals surface area contributed by atoms with Crippen molar-refractivity contribution < 1.29 is 9.90 Å². The standard InChI is InChI=1S/C17H14N4O2S2/c22-8-7-21-15(10-12(20-21)13-6-3-9-24-13)19-16(23)17-18-11-4-1-2-5-14(11)25-17/h1-6,9-10,22H,7-8H2,(H,19,23). The zero-order valence-electron chi connectivity index (χ0n) is 13.0. The molecule has 126 valence electrons. The van der Waals surface area contributed by atoms with Crippen LogP contribution >= 0.6 is 22.7 Å². The van der Waals surface area contributed by atoms with Crippen molar-refractivity contribution in [3.63, 3.8) is 0 Å². The predicted molar refractivity (Wildman–Crippen MR) is 100 cm³/mol. The first kappa shape index (κ1) is 15.9. The molecular weight excluding hydrogens is 356 g/mol. The number of nitrogens with zero attached hydrogens (tertiary/aromatic N) is 3. The number of aromatic nitrogens is 3. The van der Waals surface area contributed by atoms with Crippen molar-refractivity contribution in [2.24, 2.45) is 0 Å². The van der Waals surface area contributed by atoms with Crippen LogP contribution < -0.4 is 5.32 Å². The lowest BCUT2D eigenvalue weighted by molar-refractivity contribution is 0.102. The molecule has 25 heavy (non-hydrogen) atoms. The van der Waals surface area contributed by atoms with Gasteiger partial charge in [0.05, 0.1) is 28.2 Å². The van der Waals surface area contributed by atoms with Gasteiger partial charge in [0.1, 0.15) is 11.5 Å². The van der Waals surface area contributed by atoms with Crippen molar-refractivity contribution in [2.75, 3.05) is 11.9 Å². The van der Waals surface area contributed by atoms with Crippen LogP contribution in [0.3, 0.4) is 0 Å². The van der Waals surface area contributed by atoms with E-state index in [0.29, 0.717) is 17.4 Å². The molecule has 0 aliphatic carbocycles. The van der Waals surface area contributed by atoms with Gasteiger partial charge < -0.3 is 10.4 Å². The second-order valence-corrected chi connectivity index (χ2v) is 7.26. The van der Waals surface area contributed by atoms with E-state index in [-0.39, 0.29) is 12.5 Å². The Kier molecular flexibility index (Phi) is 4.31. The van der Waals surface area contributed by atoms with Crippen molar-refractivity contribution in [1.82, 2.24) is 14.8 Å². The number of thiophene rings is 1. The molecule has 2 N–H and O–H groups in total. The normalized spacial score (nSPS) is 11.1. The molecule has 0 bridgehead atoms. The fourth-order valence-electron chi connectivity index (χ4n) is 2.47. The molecule has 0 aliphatic heterocycles. The number of thiazole rings is 1. The molecule has 4 rings (SSSR count). The van der Waals surface area contributed by atoms with E-state index in [1.165, 1.54) is 11.3 Å². The number of aliphatic hydroxyl groups excluding tert-OH is 1. The number of amides is 1. The van der Waals surface area contributed by atoms with E-state index in [4.69, 9.17) is 0 Å². The van der Waals surface area contributed by atoms with Gasteiger partial charge in [0.25, 0.3) is 5.91 Å². The molecule has 0 radical (unpaired) electrons. The summed E-state index contributed by atoms with van der Waals surface area (Å²) in [4.78, 5) is 17.9. The molecule has 0 saturated heterocycles. The first-order valence-corrected chi connectivity index (χ1v) is 9.34. The predicted octanol–water partition coefficient (Wildman–Crippen LogP) is 3.47. The minimum absolute atomic E-state index is 0.0600. The second-order valence-electron chi connectivity index (χ2n) is 5.28. The van der Waals surface area contributed by atoms with Gasteiger partial charge >= 0.3 is 0 Å². The number of nitrogens with one attached hydrogen (secondary N) is 1. The third-order valence-corrected chi connectivity index (χ3v) is 5.52. The molecule has 0 aliphatic rings. The van der Waals surface area contributed by atoms with Gasteiger partial charge in [-0.25, -0.2) is 9.67 Å². The topological polar surface area (TPSA) is 80.0 Å². The lowest BCUT2D eigenvalue weighted by atomic mass is 10.3. The Hall–Kier alpha value is -2.55. The third-order valence-electron chi connectivity index (χ3n) is 3.60. The lowest BCUT2D eigenvalue weighted by Crippen LogP contribution is -2.16. The van der Waals surface area contributed by atoms with Gasteiger partial charge in [-0.3, -0.25) is 4.79 Å². The van der Waals surface area contributed by atoms with E-state index in [1.54, 1.807) is 16.0 Å². The molecule has 0 unspecified atom stereocenters. The van der Waals surface area contributed by atoms with Crippen LogP contribution in [0.2, 0.25) is 0 Å². The maximum Gasteiger partial charge on any atom is 0.285 e. The minimum Gasteiger partial charge on any atom is -0.394 e. The summed E-state index contributed by atoms with van der Waals surface area (Å²) >= 11 is 2.92. The van der Waals surface area contributed by atoms with Crippen LogP contribution in [0, 0.1) is 0 Å². The highest BCUT2D eigenvalue weighted by Gasteiger charge is 2.16. The number of carbonyl (C=O) groups is 1. The van der Waals surface area contributed by atoms with Crippen LogP contribution in [0.5, 0.6) is 0 Å². The monoisotopic (exact) mass is 370 g/mol. The zero-order valence-corrected chi connectivity index (χ0v) is 14.7. The molecule has 0 saturated carbocycles. The first-order chi connectivity index (χ1) is 12.2. The van der Waals surface area contributed by atoms with E-state index in [9.17, 15) is 9.90 Å². The number of carbonyl (C=O) groups excluding carboxylic acids is 1. The molecule has 0 atom stereocenters. The van der Waals surface area contributed by atoms with Gasteiger partial charge in [-0.2, -0.15) is 5.10 Å². The van der Waals surface area contributed by atoms with Crippen LogP contribution in [0.15, 0.2) is 47.8 Å². The van der Waals surface area contributed by atoms with Crippen LogP contribution in [-0.2, 0) is 6.54 Å². The van der Waals surface area contributed by atoms with Gasteiger partial charge in [-0.05, 0) is 23.6 Å². The Morgan fingerprint density at radius 2 is 2.12 bits per heavy atom. The number of hydrogen-bond acceptors (Lipinski definition) is 6. The van der Waals surface area contributed by atoms with Gasteiger partial charge in [0.2, 0.25) is 0 Å². The SMILES string of the molecule is O=C(Nc1cc(-c2cccs2)nn1CCO)c1nc2ccccc2s1. The Morgan fingerprint density at radius 3 is 2.88 bits per heavy atom. The van der Waals surface area contributed by atoms with Gasteiger partial charge in [-0.1, -0.05) is 18.2 Å². The molecular formula is C17H14N4O2S2.